The molecule has 1 aromatic rings. The number of hydrogen-bond donors (Lipinski definition) is 2. The Morgan fingerprint density at radius 3 is 2.60 bits per heavy atom. The molecule has 1 aliphatic rings. The Balaban J connectivity index is 2.04. The van der Waals surface area contributed by atoms with Crippen LogP contribution >= 0.6 is 0 Å². The SMILES string of the molecule is CCc1cc(CC(NN)C2CCC(C)CC2)n(CC)n1. The van der Waals surface area contributed by atoms with Crippen LogP contribution in [0.5, 0.6) is 0 Å². The van der Waals surface area contributed by atoms with Gasteiger partial charge in [-0.25, -0.2) is 0 Å². The minimum Gasteiger partial charge on any atom is -0.271 e. The van der Waals surface area contributed by atoms with Gasteiger partial charge in [0.1, 0.15) is 0 Å². The Morgan fingerprint density at radius 2 is 2.05 bits per heavy atom. The summed E-state index contributed by atoms with van der Waals surface area (Å²) >= 11 is 0. The Morgan fingerprint density at radius 1 is 1.35 bits per heavy atom. The van der Waals surface area contributed by atoms with Crippen LogP contribution in [0.2, 0.25) is 0 Å². The zero-order valence-corrected chi connectivity index (χ0v) is 13.2. The molecule has 0 bridgehead atoms. The summed E-state index contributed by atoms with van der Waals surface area (Å²) in [6, 6.07) is 2.63. The molecule has 3 N–H and O–H groups in total. The van der Waals surface area contributed by atoms with Crippen LogP contribution in [0.15, 0.2) is 6.07 Å². The van der Waals surface area contributed by atoms with E-state index in [1.54, 1.807) is 0 Å². The molecule has 1 aliphatic carbocycles. The van der Waals surface area contributed by atoms with Crippen molar-refractivity contribution in [3.05, 3.63) is 17.5 Å². The molecule has 114 valence electrons. The fourth-order valence-electron chi connectivity index (χ4n) is 3.40. The molecule has 2 rings (SSSR count). The second-order valence-corrected chi connectivity index (χ2v) is 6.29. The molecule has 1 atom stereocenters. The van der Waals surface area contributed by atoms with Crippen molar-refractivity contribution in [1.29, 1.82) is 0 Å². The van der Waals surface area contributed by atoms with E-state index in [1.165, 1.54) is 37.1 Å². The van der Waals surface area contributed by atoms with Gasteiger partial charge in [0.05, 0.1) is 5.69 Å². The highest BCUT2D eigenvalue weighted by Gasteiger charge is 2.26. The number of nitrogens with two attached hydrogens (primary N) is 1. The largest absolute Gasteiger partial charge is 0.271 e. The van der Waals surface area contributed by atoms with Gasteiger partial charge < -0.3 is 0 Å². The van der Waals surface area contributed by atoms with E-state index in [1.807, 2.05) is 0 Å². The van der Waals surface area contributed by atoms with Crippen LogP contribution in [0.1, 0.15) is 57.8 Å². The van der Waals surface area contributed by atoms with Gasteiger partial charge in [-0.15, -0.1) is 0 Å². The summed E-state index contributed by atoms with van der Waals surface area (Å²) in [4.78, 5) is 0. The van der Waals surface area contributed by atoms with E-state index < -0.39 is 0 Å². The molecule has 4 nitrogen and oxygen atoms in total. The van der Waals surface area contributed by atoms with Gasteiger partial charge in [-0.3, -0.25) is 16.0 Å². The molecule has 0 radical (unpaired) electrons. The highest BCUT2D eigenvalue weighted by molar-refractivity contribution is 5.12. The van der Waals surface area contributed by atoms with E-state index in [9.17, 15) is 0 Å². The minimum atomic E-state index is 0.384. The summed E-state index contributed by atoms with van der Waals surface area (Å²) < 4.78 is 2.13. The molecule has 1 unspecified atom stereocenters. The average molecular weight is 278 g/mol. The molecule has 1 aromatic heterocycles. The Kier molecular flexibility index (Phi) is 5.61. The molecule has 0 spiro atoms. The lowest BCUT2D eigenvalue weighted by Gasteiger charge is -2.32. The number of aromatic nitrogens is 2. The van der Waals surface area contributed by atoms with Crippen LogP contribution in [-0.2, 0) is 19.4 Å². The van der Waals surface area contributed by atoms with E-state index in [4.69, 9.17) is 5.84 Å². The minimum absolute atomic E-state index is 0.384. The number of nitrogens with one attached hydrogen (secondary N) is 1. The van der Waals surface area contributed by atoms with Crippen LogP contribution in [0.25, 0.3) is 0 Å². The van der Waals surface area contributed by atoms with Crippen LogP contribution in [-0.4, -0.2) is 15.8 Å². The topological polar surface area (TPSA) is 55.9 Å². The zero-order chi connectivity index (χ0) is 14.5. The van der Waals surface area contributed by atoms with Crippen molar-refractivity contribution in [2.75, 3.05) is 0 Å². The van der Waals surface area contributed by atoms with Gasteiger partial charge >= 0.3 is 0 Å². The molecular weight excluding hydrogens is 248 g/mol. The molecule has 0 amide bonds. The van der Waals surface area contributed by atoms with Crippen molar-refractivity contribution in [2.45, 2.75) is 71.9 Å². The first-order valence-corrected chi connectivity index (χ1v) is 8.19. The molecule has 0 aliphatic heterocycles. The van der Waals surface area contributed by atoms with E-state index in [-0.39, 0.29) is 0 Å². The molecule has 4 heteroatoms. The lowest BCUT2D eigenvalue weighted by molar-refractivity contribution is 0.227. The van der Waals surface area contributed by atoms with Gasteiger partial charge in [-0.1, -0.05) is 26.7 Å². The summed E-state index contributed by atoms with van der Waals surface area (Å²) in [5.41, 5.74) is 5.59. The summed E-state index contributed by atoms with van der Waals surface area (Å²) in [5, 5.41) is 4.64. The van der Waals surface area contributed by atoms with Crippen LogP contribution in [0, 0.1) is 11.8 Å². The third kappa shape index (κ3) is 3.61. The smallest absolute Gasteiger partial charge is 0.0624 e. The number of hydrazine groups is 1. The average Bonchev–Trinajstić information content (AvgIpc) is 2.88. The van der Waals surface area contributed by atoms with Crippen molar-refractivity contribution < 1.29 is 0 Å². The maximum Gasteiger partial charge on any atom is 0.0624 e. The Labute approximate surface area is 123 Å². The van der Waals surface area contributed by atoms with Gasteiger partial charge in [-0.2, -0.15) is 5.10 Å². The number of hydrogen-bond acceptors (Lipinski definition) is 3. The van der Waals surface area contributed by atoms with Gasteiger partial charge in [0.25, 0.3) is 0 Å². The molecule has 1 saturated carbocycles. The first-order chi connectivity index (χ1) is 9.67. The van der Waals surface area contributed by atoms with E-state index in [0.29, 0.717) is 12.0 Å². The van der Waals surface area contributed by atoms with E-state index in [2.05, 4.69) is 42.0 Å². The third-order valence-electron chi connectivity index (χ3n) is 4.85. The fourth-order valence-corrected chi connectivity index (χ4v) is 3.40. The molecular formula is C16H30N4. The van der Waals surface area contributed by atoms with Crippen LogP contribution < -0.4 is 11.3 Å². The summed E-state index contributed by atoms with van der Waals surface area (Å²) in [5.74, 6) is 7.43. The molecule has 1 heterocycles. The second-order valence-electron chi connectivity index (χ2n) is 6.29. The highest BCUT2D eigenvalue weighted by Crippen LogP contribution is 2.31. The molecule has 20 heavy (non-hydrogen) atoms. The summed E-state index contributed by atoms with van der Waals surface area (Å²) in [7, 11) is 0. The predicted octanol–water partition coefficient (Wildman–Crippen LogP) is 2.67. The Bertz CT molecular complexity index is 405. The van der Waals surface area contributed by atoms with E-state index >= 15 is 0 Å². The Hall–Kier alpha value is -0.870. The van der Waals surface area contributed by atoms with Crippen molar-refractivity contribution in [3.63, 3.8) is 0 Å². The summed E-state index contributed by atoms with van der Waals surface area (Å²) in [6.45, 7) is 7.62. The summed E-state index contributed by atoms with van der Waals surface area (Å²) in [6.07, 6.45) is 7.29. The number of aryl methyl sites for hydroxylation is 2. The second kappa shape index (κ2) is 7.23. The predicted molar refractivity (Wildman–Crippen MR) is 83.2 cm³/mol. The lowest BCUT2D eigenvalue weighted by Crippen LogP contribution is -2.44. The van der Waals surface area contributed by atoms with E-state index in [0.717, 1.165) is 25.3 Å². The first-order valence-electron chi connectivity index (χ1n) is 8.19. The van der Waals surface area contributed by atoms with Gasteiger partial charge in [-0.05, 0) is 44.1 Å². The van der Waals surface area contributed by atoms with Gasteiger partial charge in [0.15, 0.2) is 0 Å². The quantitative estimate of drug-likeness (QED) is 0.621. The normalized spacial score (nSPS) is 24.8. The molecule has 0 saturated heterocycles. The maximum atomic E-state index is 5.84. The standard InChI is InChI=1S/C16H30N4/c1-4-14-10-15(20(5-2)19-14)11-16(18-17)13-8-6-12(3)7-9-13/h10,12-13,16,18H,4-9,11,17H2,1-3H3. The van der Waals surface area contributed by atoms with Crippen molar-refractivity contribution in [2.24, 2.45) is 17.7 Å². The van der Waals surface area contributed by atoms with Gasteiger partial charge in [0, 0.05) is 24.7 Å². The van der Waals surface area contributed by atoms with Crippen molar-refractivity contribution in [1.82, 2.24) is 15.2 Å². The van der Waals surface area contributed by atoms with Gasteiger partial charge in [0.2, 0.25) is 0 Å². The fraction of sp³-hybridized carbons (Fsp3) is 0.812. The monoisotopic (exact) mass is 278 g/mol. The molecule has 1 fully saturated rings. The van der Waals surface area contributed by atoms with Crippen LogP contribution in [0.3, 0.4) is 0 Å². The van der Waals surface area contributed by atoms with Crippen LogP contribution in [0.4, 0.5) is 0 Å². The van der Waals surface area contributed by atoms with Crippen molar-refractivity contribution >= 4 is 0 Å². The zero-order valence-electron chi connectivity index (χ0n) is 13.2. The maximum absolute atomic E-state index is 5.84. The van der Waals surface area contributed by atoms with Crippen molar-refractivity contribution in [3.8, 4) is 0 Å². The third-order valence-corrected chi connectivity index (χ3v) is 4.85. The molecule has 0 aromatic carbocycles. The number of rotatable bonds is 6. The lowest BCUT2D eigenvalue weighted by atomic mass is 9.78. The number of nitrogens with zero attached hydrogens (tertiary/aromatic N) is 2. The highest BCUT2D eigenvalue weighted by atomic mass is 15.3. The first kappa shape index (κ1) is 15.5.